The summed E-state index contributed by atoms with van der Waals surface area (Å²) in [5.74, 6) is 0.981. The fourth-order valence-electron chi connectivity index (χ4n) is 2.85. The molecule has 1 fully saturated rings. The molecule has 2 aliphatic rings. The lowest BCUT2D eigenvalue weighted by Crippen LogP contribution is -2.42. The first-order valence-corrected chi connectivity index (χ1v) is 7.52. The summed E-state index contributed by atoms with van der Waals surface area (Å²) in [6.07, 6.45) is 1.74. The first kappa shape index (κ1) is 16.4. The maximum Gasteiger partial charge on any atom is 0.229 e. The summed E-state index contributed by atoms with van der Waals surface area (Å²) in [4.78, 5) is 14.5. The molecule has 1 aromatic carbocycles. The number of amides is 1. The lowest BCUT2D eigenvalue weighted by molar-refractivity contribution is -0.136. The number of nitrogens with zero attached hydrogens (tertiary/aromatic N) is 1. The van der Waals surface area contributed by atoms with E-state index in [2.05, 4.69) is 5.32 Å². The second-order valence-corrected chi connectivity index (χ2v) is 5.83. The van der Waals surface area contributed by atoms with Gasteiger partial charge in [0.2, 0.25) is 5.91 Å². The molecule has 1 saturated heterocycles. The predicted octanol–water partition coefficient (Wildman–Crippen LogP) is 2.13. The Kier molecular flexibility index (Phi) is 5.73. The van der Waals surface area contributed by atoms with E-state index in [9.17, 15) is 4.79 Å². The van der Waals surface area contributed by atoms with E-state index in [0.29, 0.717) is 11.6 Å². The van der Waals surface area contributed by atoms with Gasteiger partial charge in [-0.15, -0.1) is 12.4 Å². The number of rotatable bonds is 1. The molecule has 116 valence electrons. The van der Waals surface area contributed by atoms with Crippen molar-refractivity contribution in [1.82, 2.24) is 10.2 Å². The number of carbonyl (C=O) groups excluding carboxylic acids is 1. The first-order chi connectivity index (χ1) is 9.74. The molecule has 1 N–H and O–H groups in total. The van der Waals surface area contributed by atoms with Gasteiger partial charge >= 0.3 is 0 Å². The molecule has 0 aromatic heterocycles. The van der Waals surface area contributed by atoms with Crippen molar-refractivity contribution in [2.75, 3.05) is 32.8 Å². The van der Waals surface area contributed by atoms with Crippen LogP contribution in [0.5, 0.6) is 5.75 Å². The summed E-state index contributed by atoms with van der Waals surface area (Å²) in [7, 11) is 0. The molecule has 1 unspecified atom stereocenters. The zero-order valence-electron chi connectivity index (χ0n) is 11.8. The van der Waals surface area contributed by atoms with Crippen molar-refractivity contribution in [3.05, 3.63) is 28.8 Å². The van der Waals surface area contributed by atoms with E-state index in [1.54, 1.807) is 0 Å². The van der Waals surface area contributed by atoms with Crippen LogP contribution in [0.15, 0.2) is 18.2 Å². The molecule has 1 atom stereocenters. The lowest BCUT2D eigenvalue weighted by Gasteiger charge is -2.29. The Labute approximate surface area is 136 Å². The molecule has 0 aliphatic carbocycles. The second-order valence-electron chi connectivity index (χ2n) is 5.39. The van der Waals surface area contributed by atoms with Gasteiger partial charge in [-0.3, -0.25) is 4.79 Å². The molecule has 2 aliphatic heterocycles. The monoisotopic (exact) mass is 330 g/mol. The van der Waals surface area contributed by atoms with E-state index in [1.165, 1.54) is 0 Å². The number of hydrogen-bond acceptors (Lipinski definition) is 3. The Bertz CT molecular complexity index is 502. The largest absolute Gasteiger partial charge is 0.492 e. The van der Waals surface area contributed by atoms with Crippen molar-refractivity contribution >= 4 is 29.9 Å². The highest BCUT2D eigenvalue weighted by Gasteiger charge is 2.29. The van der Waals surface area contributed by atoms with E-state index >= 15 is 0 Å². The van der Waals surface area contributed by atoms with Gasteiger partial charge in [0.1, 0.15) is 12.4 Å². The SMILES string of the molecule is Cl.O=C(C1COc2ccc(Cl)cc2C1)N1CCCNCC1. The number of halogens is 2. The average Bonchev–Trinajstić information content (AvgIpc) is 2.74. The number of fused-ring (bicyclic) bond motifs is 1. The summed E-state index contributed by atoms with van der Waals surface area (Å²) in [6.45, 7) is 3.96. The van der Waals surface area contributed by atoms with Gasteiger partial charge in [-0.05, 0) is 43.1 Å². The molecule has 1 aromatic rings. The fourth-order valence-corrected chi connectivity index (χ4v) is 3.04. The van der Waals surface area contributed by atoms with E-state index in [4.69, 9.17) is 16.3 Å². The van der Waals surface area contributed by atoms with Gasteiger partial charge in [0.05, 0.1) is 5.92 Å². The zero-order chi connectivity index (χ0) is 13.9. The number of benzene rings is 1. The standard InChI is InChI=1S/C15H19ClN2O2.ClH/c16-13-2-3-14-11(9-13)8-12(10-20-14)15(19)18-6-1-4-17-5-7-18;/h2-3,9,12,17H,1,4-8,10H2;1H. The minimum absolute atomic E-state index is 0. The maximum atomic E-state index is 12.6. The Hall–Kier alpha value is -0.970. The van der Waals surface area contributed by atoms with Crippen LogP contribution >= 0.6 is 24.0 Å². The Balaban J connectivity index is 0.00000161. The number of hydrogen-bond donors (Lipinski definition) is 1. The van der Waals surface area contributed by atoms with E-state index in [0.717, 1.165) is 50.3 Å². The third-order valence-corrected chi connectivity index (χ3v) is 4.16. The number of ether oxygens (including phenoxy) is 1. The molecule has 3 rings (SSSR count). The highest BCUT2D eigenvalue weighted by molar-refractivity contribution is 6.30. The lowest BCUT2D eigenvalue weighted by atomic mass is 9.95. The highest BCUT2D eigenvalue weighted by atomic mass is 35.5. The smallest absolute Gasteiger partial charge is 0.229 e. The zero-order valence-corrected chi connectivity index (χ0v) is 13.4. The normalized spacial score (nSPS) is 21.6. The molecule has 0 radical (unpaired) electrons. The molecule has 0 spiro atoms. The topological polar surface area (TPSA) is 41.6 Å². The fraction of sp³-hybridized carbons (Fsp3) is 0.533. The third-order valence-electron chi connectivity index (χ3n) is 3.93. The van der Waals surface area contributed by atoms with Gasteiger partial charge in [0.15, 0.2) is 0 Å². The minimum atomic E-state index is -0.0842. The van der Waals surface area contributed by atoms with Crippen molar-refractivity contribution in [2.24, 2.45) is 5.92 Å². The van der Waals surface area contributed by atoms with E-state index < -0.39 is 0 Å². The molecule has 0 saturated carbocycles. The van der Waals surface area contributed by atoms with Gasteiger partial charge in [0.25, 0.3) is 0 Å². The molecule has 4 nitrogen and oxygen atoms in total. The summed E-state index contributed by atoms with van der Waals surface area (Å²) >= 11 is 6.02. The van der Waals surface area contributed by atoms with Crippen LogP contribution < -0.4 is 10.1 Å². The predicted molar refractivity (Wildman–Crippen MR) is 85.5 cm³/mol. The maximum absolute atomic E-state index is 12.6. The quantitative estimate of drug-likeness (QED) is 0.857. The van der Waals surface area contributed by atoms with Gasteiger partial charge in [-0.1, -0.05) is 11.6 Å². The van der Waals surface area contributed by atoms with Crippen LogP contribution in [-0.4, -0.2) is 43.6 Å². The summed E-state index contributed by atoms with van der Waals surface area (Å²) in [5.41, 5.74) is 1.04. The van der Waals surface area contributed by atoms with Crippen LogP contribution in [0.2, 0.25) is 5.02 Å². The van der Waals surface area contributed by atoms with Crippen LogP contribution in [0.1, 0.15) is 12.0 Å². The minimum Gasteiger partial charge on any atom is -0.492 e. The molecule has 1 amide bonds. The molecule has 2 heterocycles. The average molecular weight is 331 g/mol. The number of carbonyl (C=O) groups is 1. The van der Waals surface area contributed by atoms with Crippen molar-refractivity contribution < 1.29 is 9.53 Å². The summed E-state index contributed by atoms with van der Waals surface area (Å²) < 4.78 is 5.71. The van der Waals surface area contributed by atoms with Gasteiger partial charge in [-0.2, -0.15) is 0 Å². The molecule has 21 heavy (non-hydrogen) atoms. The second kappa shape index (κ2) is 7.34. The van der Waals surface area contributed by atoms with Crippen LogP contribution in [0.25, 0.3) is 0 Å². The number of nitrogens with one attached hydrogen (secondary N) is 1. The van der Waals surface area contributed by atoms with Crippen molar-refractivity contribution in [3.8, 4) is 5.75 Å². The third kappa shape index (κ3) is 3.82. The van der Waals surface area contributed by atoms with Gasteiger partial charge in [-0.25, -0.2) is 0 Å². The molecular weight excluding hydrogens is 311 g/mol. The van der Waals surface area contributed by atoms with Crippen molar-refractivity contribution in [3.63, 3.8) is 0 Å². The molecule has 0 bridgehead atoms. The van der Waals surface area contributed by atoms with Gasteiger partial charge < -0.3 is 15.0 Å². The molecule has 6 heteroatoms. The van der Waals surface area contributed by atoms with E-state index in [1.807, 2.05) is 23.1 Å². The van der Waals surface area contributed by atoms with Crippen LogP contribution in [0.4, 0.5) is 0 Å². The summed E-state index contributed by atoms with van der Waals surface area (Å²) in [5, 5.41) is 4.01. The highest BCUT2D eigenvalue weighted by Crippen LogP contribution is 2.30. The van der Waals surface area contributed by atoms with Gasteiger partial charge in [0, 0.05) is 24.7 Å². The summed E-state index contributed by atoms with van der Waals surface area (Å²) in [6, 6.07) is 5.61. The van der Waals surface area contributed by atoms with Crippen molar-refractivity contribution in [2.45, 2.75) is 12.8 Å². The molecular formula is C15H20Cl2N2O2. The van der Waals surface area contributed by atoms with Crippen LogP contribution in [0.3, 0.4) is 0 Å². The van der Waals surface area contributed by atoms with Crippen molar-refractivity contribution in [1.29, 1.82) is 0 Å². The van der Waals surface area contributed by atoms with Crippen LogP contribution in [-0.2, 0) is 11.2 Å². The first-order valence-electron chi connectivity index (χ1n) is 7.15. The Morgan fingerprint density at radius 3 is 3.05 bits per heavy atom. The van der Waals surface area contributed by atoms with Crippen LogP contribution in [0, 0.1) is 5.92 Å². The van der Waals surface area contributed by atoms with E-state index in [-0.39, 0.29) is 24.2 Å². The Morgan fingerprint density at radius 2 is 2.19 bits per heavy atom. The Morgan fingerprint density at radius 1 is 1.33 bits per heavy atom.